The number of hydrogen-bond donors (Lipinski definition) is 1. The number of aromatic amines is 1. The van der Waals surface area contributed by atoms with Crippen LogP contribution in [0.4, 0.5) is 15.3 Å². The number of rotatable bonds is 7. The first kappa shape index (κ1) is 25.6. The topological polar surface area (TPSA) is 91.0 Å². The fourth-order valence-corrected chi connectivity index (χ4v) is 5.29. The molecule has 5 rings (SSSR count). The molecule has 2 fully saturated rings. The van der Waals surface area contributed by atoms with Crippen LogP contribution >= 0.6 is 0 Å². The van der Waals surface area contributed by atoms with E-state index in [-0.39, 0.29) is 18.0 Å². The molecule has 38 heavy (non-hydrogen) atoms. The maximum Gasteiger partial charge on any atom is 0.409 e. The lowest BCUT2D eigenvalue weighted by molar-refractivity contribution is 0.0491. The van der Waals surface area contributed by atoms with Gasteiger partial charge in [0.25, 0.3) is 0 Å². The number of likely N-dealkylation sites (tertiary alicyclic amines) is 1. The van der Waals surface area contributed by atoms with Crippen molar-refractivity contribution < 1.29 is 19.1 Å². The van der Waals surface area contributed by atoms with Crippen LogP contribution in [0.5, 0.6) is 5.75 Å². The van der Waals surface area contributed by atoms with E-state index in [1.165, 1.54) is 0 Å². The molecular weight excluding hydrogens is 482 g/mol. The van der Waals surface area contributed by atoms with Gasteiger partial charge in [-0.15, -0.1) is 0 Å². The zero-order valence-electron chi connectivity index (χ0n) is 22.2. The van der Waals surface area contributed by atoms with E-state index in [0.717, 1.165) is 28.1 Å². The number of nitrogens with zero attached hydrogens (tertiary/aromatic N) is 4. The number of nitrogens with one attached hydrogen (secondary N) is 1. The average molecular weight is 518 g/mol. The highest BCUT2D eigenvalue weighted by atomic mass is 16.6. The van der Waals surface area contributed by atoms with Crippen molar-refractivity contribution in [2.75, 3.05) is 38.3 Å². The number of anilines is 1. The van der Waals surface area contributed by atoms with Crippen LogP contribution in [0, 0.1) is 5.92 Å². The standard InChI is InChI=1S/C29H35N5O4/c1-21(2)19-38-28(36)32-13-11-29(12-14-32)20-33(25-9-7-23(8-10-25)24-16-30-31-17-24)27(35)34(29)18-22-5-4-6-26(15-22)37-3/h4-10,15-17,21H,11-14,18-20H2,1-3H3,(H,30,31). The maximum absolute atomic E-state index is 13.9. The molecule has 1 spiro atoms. The molecule has 2 aliphatic heterocycles. The summed E-state index contributed by atoms with van der Waals surface area (Å²) in [6.45, 7) is 6.58. The Hall–Kier alpha value is -4.01. The van der Waals surface area contributed by atoms with E-state index in [2.05, 4.69) is 10.2 Å². The van der Waals surface area contributed by atoms with E-state index in [4.69, 9.17) is 9.47 Å². The Morgan fingerprint density at radius 2 is 1.87 bits per heavy atom. The highest BCUT2D eigenvalue weighted by molar-refractivity contribution is 5.95. The van der Waals surface area contributed by atoms with Crippen molar-refractivity contribution in [3.05, 3.63) is 66.5 Å². The van der Waals surface area contributed by atoms with E-state index in [1.807, 2.05) is 78.4 Å². The minimum absolute atomic E-state index is 0.0280. The molecule has 0 atom stereocenters. The van der Waals surface area contributed by atoms with Gasteiger partial charge in [-0.2, -0.15) is 5.10 Å². The van der Waals surface area contributed by atoms with Gasteiger partial charge in [0.2, 0.25) is 0 Å². The first-order valence-corrected chi connectivity index (χ1v) is 13.1. The Morgan fingerprint density at radius 3 is 2.53 bits per heavy atom. The van der Waals surface area contributed by atoms with Crippen molar-refractivity contribution in [3.8, 4) is 16.9 Å². The van der Waals surface area contributed by atoms with Gasteiger partial charge in [-0.1, -0.05) is 38.1 Å². The third kappa shape index (κ3) is 5.18. The number of amides is 3. The molecule has 0 aliphatic carbocycles. The van der Waals surface area contributed by atoms with Gasteiger partial charge in [-0.05, 0) is 54.2 Å². The number of hydrogen-bond acceptors (Lipinski definition) is 5. The van der Waals surface area contributed by atoms with E-state index >= 15 is 0 Å². The van der Waals surface area contributed by atoms with Crippen molar-refractivity contribution in [1.82, 2.24) is 20.0 Å². The first-order valence-electron chi connectivity index (χ1n) is 13.1. The van der Waals surface area contributed by atoms with Gasteiger partial charge in [0.15, 0.2) is 0 Å². The summed E-state index contributed by atoms with van der Waals surface area (Å²) in [4.78, 5) is 32.2. The molecule has 1 N–H and O–H groups in total. The van der Waals surface area contributed by atoms with Crippen LogP contribution in [0.3, 0.4) is 0 Å². The summed E-state index contributed by atoms with van der Waals surface area (Å²) in [6, 6.07) is 15.8. The monoisotopic (exact) mass is 517 g/mol. The summed E-state index contributed by atoms with van der Waals surface area (Å²) in [5, 5.41) is 6.86. The SMILES string of the molecule is COc1cccc(CN2C(=O)N(c3ccc(-c4cn[nH]c4)cc3)CC23CCN(C(=O)OCC(C)C)CC3)c1. The first-order chi connectivity index (χ1) is 18.4. The number of H-pyrrole nitrogens is 1. The molecule has 9 heteroatoms. The van der Waals surface area contributed by atoms with Crippen molar-refractivity contribution in [3.63, 3.8) is 0 Å². The van der Waals surface area contributed by atoms with E-state index in [9.17, 15) is 9.59 Å². The second kappa shape index (κ2) is 10.8. The third-order valence-electron chi connectivity index (χ3n) is 7.46. The summed E-state index contributed by atoms with van der Waals surface area (Å²) >= 11 is 0. The Bertz CT molecular complexity index is 1250. The summed E-state index contributed by atoms with van der Waals surface area (Å²) in [5.74, 6) is 1.05. The molecule has 0 saturated carbocycles. The molecule has 2 aliphatic rings. The van der Waals surface area contributed by atoms with Gasteiger partial charge >= 0.3 is 12.1 Å². The molecule has 2 aromatic carbocycles. The molecule has 3 aromatic rings. The molecule has 3 amide bonds. The van der Waals surface area contributed by atoms with Gasteiger partial charge in [0.1, 0.15) is 5.75 Å². The number of piperidine rings is 1. The zero-order chi connectivity index (χ0) is 26.7. The quantitative estimate of drug-likeness (QED) is 0.468. The largest absolute Gasteiger partial charge is 0.497 e. The van der Waals surface area contributed by atoms with Gasteiger partial charge < -0.3 is 19.3 Å². The molecule has 0 unspecified atom stereocenters. The summed E-state index contributed by atoms with van der Waals surface area (Å²) < 4.78 is 10.9. The van der Waals surface area contributed by atoms with Gasteiger partial charge in [0.05, 0.1) is 32.0 Å². The molecule has 0 radical (unpaired) electrons. The van der Waals surface area contributed by atoms with Crippen molar-refractivity contribution in [2.24, 2.45) is 5.92 Å². The Kier molecular flexibility index (Phi) is 7.26. The zero-order valence-corrected chi connectivity index (χ0v) is 22.2. The second-order valence-corrected chi connectivity index (χ2v) is 10.5. The van der Waals surface area contributed by atoms with Crippen molar-refractivity contribution >= 4 is 17.8 Å². The van der Waals surface area contributed by atoms with Gasteiger partial charge in [-0.3, -0.25) is 10.00 Å². The van der Waals surface area contributed by atoms with E-state index < -0.39 is 5.54 Å². The minimum Gasteiger partial charge on any atom is -0.497 e. The molecule has 200 valence electrons. The van der Waals surface area contributed by atoms with Crippen LogP contribution < -0.4 is 9.64 Å². The highest BCUT2D eigenvalue weighted by Crippen LogP contribution is 2.40. The predicted molar refractivity (Wildman–Crippen MR) is 145 cm³/mol. The smallest absolute Gasteiger partial charge is 0.409 e. The Balaban J connectivity index is 1.38. The second-order valence-electron chi connectivity index (χ2n) is 10.5. The highest BCUT2D eigenvalue weighted by Gasteiger charge is 2.51. The van der Waals surface area contributed by atoms with Crippen LogP contribution in [0.1, 0.15) is 32.3 Å². The van der Waals surface area contributed by atoms with Crippen molar-refractivity contribution in [1.29, 1.82) is 0 Å². The lowest BCUT2D eigenvalue weighted by Gasteiger charge is -2.43. The number of carbonyl (C=O) groups excluding carboxylic acids is 2. The molecule has 0 bridgehead atoms. The van der Waals surface area contributed by atoms with Crippen LogP contribution in [0.25, 0.3) is 11.1 Å². The van der Waals surface area contributed by atoms with E-state index in [1.54, 1.807) is 18.2 Å². The van der Waals surface area contributed by atoms with E-state index in [0.29, 0.717) is 45.6 Å². The van der Waals surface area contributed by atoms with Gasteiger partial charge in [-0.25, -0.2) is 9.59 Å². The maximum atomic E-state index is 13.9. The average Bonchev–Trinajstić information content (AvgIpc) is 3.56. The van der Waals surface area contributed by atoms with Crippen molar-refractivity contribution in [2.45, 2.75) is 38.8 Å². The van der Waals surface area contributed by atoms with Crippen LogP contribution in [-0.2, 0) is 11.3 Å². The molecule has 2 saturated heterocycles. The molecule has 9 nitrogen and oxygen atoms in total. The third-order valence-corrected chi connectivity index (χ3v) is 7.46. The lowest BCUT2D eigenvalue weighted by atomic mass is 9.86. The van der Waals surface area contributed by atoms with Crippen LogP contribution in [0.2, 0.25) is 0 Å². The summed E-state index contributed by atoms with van der Waals surface area (Å²) in [6.07, 6.45) is 4.72. The fourth-order valence-electron chi connectivity index (χ4n) is 5.29. The predicted octanol–water partition coefficient (Wildman–Crippen LogP) is 5.15. The lowest BCUT2D eigenvalue weighted by Crippen LogP contribution is -2.55. The minimum atomic E-state index is -0.391. The Labute approximate surface area is 223 Å². The summed E-state index contributed by atoms with van der Waals surface area (Å²) in [7, 11) is 1.64. The van der Waals surface area contributed by atoms with Gasteiger partial charge in [0, 0.05) is 37.1 Å². The number of benzene rings is 2. The number of methoxy groups -OCH3 is 1. The summed E-state index contributed by atoms with van der Waals surface area (Å²) in [5.41, 5.74) is 3.50. The van der Waals surface area contributed by atoms with Crippen LogP contribution in [-0.4, -0.2) is 71.0 Å². The molecule has 1 aromatic heterocycles. The molecular formula is C29H35N5O4. The Morgan fingerprint density at radius 1 is 1.11 bits per heavy atom. The number of aromatic nitrogens is 2. The normalized spacial score (nSPS) is 16.9. The number of urea groups is 1. The number of carbonyl (C=O) groups is 2. The molecule has 3 heterocycles. The number of ether oxygens (including phenoxy) is 2. The fraction of sp³-hybridized carbons (Fsp3) is 0.414. The van der Waals surface area contributed by atoms with Crippen LogP contribution in [0.15, 0.2) is 60.9 Å².